The molecule has 6 heteroatoms. The Balaban J connectivity index is 1.59. The van der Waals surface area contributed by atoms with Crippen molar-refractivity contribution in [2.24, 2.45) is 0 Å². The van der Waals surface area contributed by atoms with Crippen molar-refractivity contribution in [1.29, 1.82) is 0 Å². The standard InChI is InChI=1S/C19H28N4OS/c1-3-12-23(15-8-10-20-11-9-15)18(24)13-25-14(2)19-21-16-6-4-5-7-17(16)22-19/h4-7,14-15,20H,3,8-13H2,1-2H3,(H,21,22). The van der Waals surface area contributed by atoms with Crippen LogP contribution in [0.3, 0.4) is 0 Å². The molecule has 1 aromatic carbocycles. The van der Waals surface area contributed by atoms with Crippen LogP contribution >= 0.6 is 11.8 Å². The van der Waals surface area contributed by atoms with E-state index in [1.165, 1.54) is 0 Å². The second kappa shape index (κ2) is 8.72. The predicted molar refractivity (Wildman–Crippen MR) is 105 cm³/mol. The minimum Gasteiger partial charge on any atom is -0.341 e. The van der Waals surface area contributed by atoms with Crippen molar-refractivity contribution in [1.82, 2.24) is 20.2 Å². The Kier molecular flexibility index (Phi) is 6.37. The molecule has 25 heavy (non-hydrogen) atoms. The molecule has 2 aromatic rings. The van der Waals surface area contributed by atoms with Gasteiger partial charge in [0, 0.05) is 12.6 Å². The molecule has 1 fully saturated rings. The maximum absolute atomic E-state index is 12.8. The summed E-state index contributed by atoms with van der Waals surface area (Å²) in [5, 5.41) is 3.55. The number of piperidine rings is 1. The number of imidazole rings is 1. The lowest BCUT2D eigenvalue weighted by molar-refractivity contribution is -0.131. The maximum atomic E-state index is 12.8. The Labute approximate surface area is 154 Å². The summed E-state index contributed by atoms with van der Waals surface area (Å²) in [6.45, 7) is 7.15. The van der Waals surface area contributed by atoms with Gasteiger partial charge in [-0.3, -0.25) is 4.79 Å². The summed E-state index contributed by atoms with van der Waals surface area (Å²) in [5.74, 6) is 1.73. The van der Waals surface area contributed by atoms with Gasteiger partial charge in [-0.2, -0.15) is 0 Å². The molecular formula is C19H28N4OS. The summed E-state index contributed by atoms with van der Waals surface area (Å²) in [4.78, 5) is 22.9. The number of nitrogens with one attached hydrogen (secondary N) is 2. The molecule has 0 saturated carbocycles. The largest absolute Gasteiger partial charge is 0.341 e. The third-order valence-electron chi connectivity index (χ3n) is 4.78. The normalized spacial score (nSPS) is 16.9. The highest BCUT2D eigenvalue weighted by Gasteiger charge is 2.25. The van der Waals surface area contributed by atoms with Gasteiger partial charge in [-0.15, -0.1) is 11.8 Å². The van der Waals surface area contributed by atoms with Gasteiger partial charge in [-0.1, -0.05) is 19.1 Å². The third-order valence-corrected chi connectivity index (χ3v) is 5.92. The van der Waals surface area contributed by atoms with Crippen molar-refractivity contribution in [3.05, 3.63) is 30.1 Å². The third kappa shape index (κ3) is 4.55. The van der Waals surface area contributed by atoms with E-state index in [1.807, 2.05) is 24.3 Å². The molecule has 1 aliphatic rings. The second-order valence-corrected chi connectivity index (χ2v) is 7.99. The first-order chi connectivity index (χ1) is 12.2. The zero-order valence-corrected chi connectivity index (χ0v) is 15.9. The first-order valence-corrected chi connectivity index (χ1v) is 10.3. The summed E-state index contributed by atoms with van der Waals surface area (Å²) in [5.41, 5.74) is 2.04. The number of para-hydroxylation sites is 2. The Morgan fingerprint density at radius 2 is 2.12 bits per heavy atom. The van der Waals surface area contributed by atoms with Crippen LogP contribution in [0.1, 0.15) is 44.2 Å². The van der Waals surface area contributed by atoms with E-state index in [9.17, 15) is 4.79 Å². The zero-order valence-electron chi connectivity index (χ0n) is 15.1. The van der Waals surface area contributed by atoms with Gasteiger partial charge in [0.25, 0.3) is 0 Å². The number of fused-ring (bicyclic) bond motifs is 1. The van der Waals surface area contributed by atoms with Crippen LogP contribution < -0.4 is 5.32 Å². The van der Waals surface area contributed by atoms with Gasteiger partial charge in [-0.25, -0.2) is 4.98 Å². The number of rotatable bonds is 7. The van der Waals surface area contributed by atoms with Crippen molar-refractivity contribution in [3.63, 3.8) is 0 Å². The number of H-pyrrole nitrogens is 1. The average molecular weight is 361 g/mol. The highest BCUT2D eigenvalue weighted by molar-refractivity contribution is 8.00. The molecule has 1 atom stereocenters. The molecule has 0 bridgehead atoms. The Bertz CT molecular complexity index is 663. The number of carbonyl (C=O) groups excluding carboxylic acids is 1. The molecule has 1 aromatic heterocycles. The molecule has 0 aliphatic carbocycles. The van der Waals surface area contributed by atoms with E-state index >= 15 is 0 Å². The lowest BCUT2D eigenvalue weighted by Crippen LogP contribution is -2.47. The minimum absolute atomic E-state index is 0.174. The maximum Gasteiger partial charge on any atom is 0.232 e. The van der Waals surface area contributed by atoms with Crippen molar-refractivity contribution >= 4 is 28.7 Å². The summed E-state index contributed by atoms with van der Waals surface area (Å²) in [6, 6.07) is 8.45. The quantitative estimate of drug-likeness (QED) is 0.795. The molecule has 0 radical (unpaired) electrons. The van der Waals surface area contributed by atoms with Gasteiger partial charge >= 0.3 is 0 Å². The van der Waals surface area contributed by atoms with Crippen LogP contribution in [0.2, 0.25) is 0 Å². The number of benzene rings is 1. The molecule has 2 N–H and O–H groups in total. The highest BCUT2D eigenvalue weighted by atomic mass is 32.2. The van der Waals surface area contributed by atoms with Crippen molar-refractivity contribution < 1.29 is 4.79 Å². The van der Waals surface area contributed by atoms with Gasteiger partial charge < -0.3 is 15.2 Å². The molecule has 1 amide bonds. The fraction of sp³-hybridized carbons (Fsp3) is 0.579. The highest BCUT2D eigenvalue weighted by Crippen LogP contribution is 2.28. The smallest absolute Gasteiger partial charge is 0.232 e. The van der Waals surface area contributed by atoms with E-state index in [2.05, 4.69) is 34.0 Å². The summed E-state index contributed by atoms with van der Waals surface area (Å²) < 4.78 is 0. The van der Waals surface area contributed by atoms with Crippen molar-refractivity contribution in [2.75, 3.05) is 25.4 Å². The zero-order chi connectivity index (χ0) is 17.6. The fourth-order valence-corrected chi connectivity index (χ4v) is 4.22. The van der Waals surface area contributed by atoms with Crippen LogP contribution in [-0.2, 0) is 4.79 Å². The Morgan fingerprint density at radius 3 is 2.84 bits per heavy atom. The van der Waals surface area contributed by atoms with Crippen LogP contribution in [0.15, 0.2) is 24.3 Å². The Hall–Kier alpha value is -1.53. The van der Waals surface area contributed by atoms with E-state index < -0.39 is 0 Å². The lowest BCUT2D eigenvalue weighted by Gasteiger charge is -2.34. The molecule has 3 rings (SSSR count). The van der Waals surface area contributed by atoms with Crippen LogP contribution in [0.25, 0.3) is 11.0 Å². The van der Waals surface area contributed by atoms with Gasteiger partial charge in [0.05, 0.1) is 22.0 Å². The molecular weight excluding hydrogens is 332 g/mol. The number of thioether (sulfide) groups is 1. The minimum atomic E-state index is 0.174. The van der Waals surface area contributed by atoms with Crippen molar-refractivity contribution in [2.45, 2.75) is 44.4 Å². The molecule has 1 saturated heterocycles. The molecule has 5 nitrogen and oxygen atoms in total. The van der Waals surface area contributed by atoms with Gasteiger partial charge in [0.15, 0.2) is 0 Å². The molecule has 0 spiro atoms. The number of aromatic nitrogens is 2. The van der Waals surface area contributed by atoms with E-state index in [4.69, 9.17) is 0 Å². The molecule has 1 aliphatic heterocycles. The summed E-state index contributed by atoms with van der Waals surface area (Å²) in [6.07, 6.45) is 3.14. The topological polar surface area (TPSA) is 61.0 Å². The number of nitrogens with zero attached hydrogens (tertiary/aromatic N) is 2. The second-order valence-electron chi connectivity index (χ2n) is 6.66. The number of amides is 1. The van der Waals surface area contributed by atoms with E-state index in [1.54, 1.807) is 11.8 Å². The first kappa shape index (κ1) is 18.3. The van der Waals surface area contributed by atoms with E-state index in [-0.39, 0.29) is 11.2 Å². The Morgan fingerprint density at radius 1 is 1.36 bits per heavy atom. The number of hydrogen-bond acceptors (Lipinski definition) is 4. The van der Waals surface area contributed by atoms with E-state index in [0.717, 1.165) is 55.8 Å². The number of aromatic amines is 1. The molecule has 136 valence electrons. The van der Waals surface area contributed by atoms with Crippen LogP contribution in [-0.4, -0.2) is 52.2 Å². The van der Waals surface area contributed by atoms with Crippen LogP contribution in [0.5, 0.6) is 0 Å². The van der Waals surface area contributed by atoms with Crippen LogP contribution in [0.4, 0.5) is 0 Å². The summed E-state index contributed by atoms with van der Waals surface area (Å²) in [7, 11) is 0. The fourth-order valence-electron chi connectivity index (χ4n) is 3.39. The van der Waals surface area contributed by atoms with Gasteiger partial charge in [-0.05, 0) is 51.4 Å². The van der Waals surface area contributed by atoms with Gasteiger partial charge in [0.1, 0.15) is 5.82 Å². The summed E-state index contributed by atoms with van der Waals surface area (Å²) >= 11 is 1.67. The van der Waals surface area contributed by atoms with E-state index in [0.29, 0.717) is 11.8 Å². The predicted octanol–water partition coefficient (Wildman–Crippen LogP) is 3.35. The molecule has 1 unspecified atom stereocenters. The SMILES string of the molecule is CCCN(C(=O)CSC(C)c1nc2ccccc2[nH]1)C1CCNCC1. The van der Waals surface area contributed by atoms with Crippen molar-refractivity contribution in [3.8, 4) is 0 Å². The number of hydrogen-bond donors (Lipinski definition) is 2. The monoisotopic (exact) mass is 360 g/mol. The number of carbonyl (C=O) groups is 1. The van der Waals surface area contributed by atoms with Crippen LogP contribution in [0, 0.1) is 0 Å². The van der Waals surface area contributed by atoms with Gasteiger partial charge in [0.2, 0.25) is 5.91 Å². The average Bonchev–Trinajstić information content (AvgIpc) is 3.09. The lowest BCUT2D eigenvalue weighted by atomic mass is 10.0. The first-order valence-electron chi connectivity index (χ1n) is 9.25. The molecule has 2 heterocycles.